The number of aliphatic hydroxyl groups is 1. The fourth-order valence-electron chi connectivity index (χ4n) is 2.37. The minimum absolute atomic E-state index is 0.275. The summed E-state index contributed by atoms with van der Waals surface area (Å²) >= 11 is 0. The maximum Gasteiger partial charge on any atom is 0.138 e. The Kier molecular flexibility index (Phi) is 4.90. The lowest BCUT2D eigenvalue weighted by molar-refractivity contribution is 0.160. The molecule has 0 aliphatic rings. The molecule has 4 heteroatoms. The van der Waals surface area contributed by atoms with Crippen molar-refractivity contribution in [1.82, 2.24) is 14.8 Å². The normalized spacial score (nSPS) is 12.8. The second kappa shape index (κ2) is 6.66. The van der Waals surface area contributed by atoms with Gasteiger partial charge in [-0.3, -0.25) is 0 Å². The van der Waals surface area contributed by atoms with Gasteiger partial charge in [0.15, 0.2) is 0 Å². The zero-order valence-corrected chi connectivity index (χ0v) is 12.5. The maximum absolute atomic E-state index is 10.2. The summed E-state index contributed by atoms with van der Waals surface area (Å²) in [5.74, 6) is 0.858. The summed E-state index contributed by atoms with van der Waals surface area (Å²) < 4.78 is 1.87. The lowest BCUT2D eigenvalue weighted by Gasteiger charge is -2.13. The van der Waals surface area contributed by atoms with E-state index >= 15 is 0 Å². The van der Waals surface area contributed by atoms with Crippen LogP contribution in [-0.4, -0.2) is 26.0 Å². The van der Waals surface area contributed by atoms with Gasteiger partial charge >= 0.3 is 0 Å². The van der Waals surface area contributed by atoms with Gasteiger partial charge in [0.05, 0.1) is 6.10 Å². The van der Waals surface area contributed by atoms with Crippen LogP contribution in [-0.2, 0) is 12.8 Å². The molecule has 108 valence electrons. The average molecular weight is 273 g/mol. The summed E-state index contributed by atoms with van der Waals surface area (Å²) in [6, 6.07) is 8.70. The summed E-state index contributed by atoms with van der Waals surface area (Å²) in [7, 11) is 0. The van der Waals surface area contributed by atoms with Gasteiger partial charge in [0, 0.05) is 12.5 Å². The molecule has 20 heavy (non-hydrogen) atoms. The lowest BCUT2D eigenvalue weighted by atomic mass is 10.0. The van der Waals surface area contributed by atoms with Crippen molar-refractivity contribution in [2.75, 3.05) is 0 Å². The third-order valence-corrected chi connectivity index (χ3v) is 3.40. The number of benzene rings is 1. The summed E-state index contributed by atoms with van der Waals surface area (Å²) in [6.45, 7) is 6.22. The van der Waals surface area contributed by atoms with Crippen LogP contribution in [0.25, 0.3) is 0 Å². The van der Waals surface area contributed by atoms with Crippen LogP contribution >= 0.6 is 0 Å². The number of rotatable bonds is 6. The van der Waals surface area contributed by atoms with Crippen molar-refractivity contribution >= 4 is 0 Å². The number of nitrogens with zero attached hydrogens (tertiary/aromatic N) is 3. The predicted molar refractivity (Wildman–Crippen MR) is 79.6 cm³/mol. The number of aliphatic hydroxyl groups excluding tert-OH is 1. The van der Waals surface area contributed by atoms with Gasteiger partial charge < -0.3 is 5.11 Å². The van der Waals surface area contributed by atoms with Crippen molar-refractivity contribution < 1.29 is 5.11 Å². The Labute approximate surface area is 120 Å². The molecule has 0 saturated heterocycles. The summed E-state index contributed by atoms with van der Waals surface area (Å²) in [4.78, 5) is 4.24. The van der Waals surface area contributed by atoms with Crippen molar-refractivity contribution in [2.24, 2.45) is 0 Å². The highest BCUT2D eigenvalue weighted by atomic mass is 16.3. The third kappa shape index (κ3) is 3.90. The van der Waals surface area contributed by atoms with Gasteiger partial charge in [-0.2, -0.15) is 5.10 Å². The molecule has 0 bridgehead atoms. The Hall–Kier alpha value is -1.68. The van der Waals surface area contributed by atoms with Crippen LogP contribution in [0.3, 0.4) is 0 Å². The molecule has 1 aromatic heterocycles. The molecule has 2 rings (SSSR count). The molecular formula is C16H23N3O. The van der Waals surface area contributed by atoms with E-state index < -0.39 is 0 Å². The Morgan fingerprint density at radius 1 is 1.30 bits per heavy atom. The molecule has 0 fully saturated rings. The number of aryl methyl sites for hydroxylation is 2. The van der Waals surface area contributed by atoms with Gasteiger partial charge in [0.25, 0.3) is 0 Å². The zero-order chi connectivity index (χ0) is 14.5. The van der Waals surface area contributed by atoms with E-state index in [0.717, 1.165) is 18.7 Å². The minimum Gasteiger partial charge on any atom is -0.393 e. The second-order valence-corrected chi connectivity index (χ2v) is 5.60. The molecule has 0 saturated carbocycles. The summed E-state index contributed by atoms with van der Waals surface area (Å²) in [6.07, 6.45) is 3.37. The van der Waals surface area contributed by atoms with E-state index in [1.165, 1.54) is 11.1 Å². The second-order valence-electron chi connectivity index (χ2n) is 5.60. The molecule has 0 aliphatic heterocycles. The van der Waals surface area contributed by atoms with Gasteiger partial charge in [-0.15, -0.1) is 0 Å². The van der Waals surface area contributed by atoms with Crippen molar-refractivity contribution in [3.63, 3.8) is 0 Å². The van der Waals surface area contributed by atoms with Crippen molar-refractivity contribution in [3.05, 3.63) is 47.5 Å². The van der Waals surface area contributed by atoms with Crippen molar-refractivity contribution in [2.45, 2.75) is 52.2 Å². The number of hydrogen-bond acceptors (Lipinski definition) is 3. The standard InChI is InChI=1S/C16H23N3O/c1-12(2)19-16(17-11-18-19)10-15(20)8-7-14-6-4-5-13(3)9-14/h4-6,9,11-12,15,20H,7-8,10H2,1-3H3. The van der Waals surface area contributed by atoms with E-state index in [9.17, 15) is 5.11 Å². The Bertz CT molecular complexity index is 548. The van der Waals surface area contributed by atoms with Gasteiger partial charge in [0.1, 0.15) is 12.2 Å². The summed E-state index contributed by atoms with van der Waals surface area (Å²) in [5.41, 5.74) is 2.53. The SMILES string of the molecule is Cc1cccc(CCC(O)Cc2ncnn2C(C)C)c1. The van der Waals surface area contributed by atoms with Gasteiger partial charge in [-0.05, 0) is 39.2 Å². The molecule has 1 heterocycles. The first-order valence-electron chi connectivity index (χ1n) is 7.18. The quantitative estimate of drug-likeness (QED) is 0.880. The smallest absolute Gasteiger partial charge is 0.138 e. The topological polar surface area (TPSA) is 50.9 Å². The molecule has 4 nitrogen and oxygen atoms in total. The molecule has 1 N–H and O–H groups in total. The van der Waals surface area contributed by atoms with E-state index in [4.69, 9.17) is 0 Å². The Morgan fingerprint density at radius 2 is 2.10 bits per heavy atom. The van der Waals surface area contributed by atoms with Crippen LogP contribution in [0.1, 0.15) is 43.3 Å². The van der Waals surface area contributed by atoms with Gasteiger partial charge in [0.2, 0.25) is 0 Å². The van der Waals surface area contributed by atoms with Gasteiger partial charge in [-0.25, -0.2) is 9.67 Å². The molecular weight excluding hydrogens is 250 g/mol. The van der Waals surface area contributed by atoms with Crippen LogP contribution in [0.5, 0.6) is 0 Å². The lowest BCUT2D eigenvalue weighted by Crippen LogP contribution is -2.17. The van der Waals surface area contributed by atoms with E-state index in [2.05, 4.69) is 55.1 Å². The molecule has 0 spiro atoms. The molecule has 1 atom stereocenters. The molecule has 1 aromatic carbocycles. The first-order valence-corrected chi connectivity index (χ1v) is 7.18. The van der Waals surface area contributed by atoms with Crippen LogP contribution in [0.4, 0.5) is 0 Å². The number of aromatic nitrogens is 3. The summed E-state index contributed by atoms with van der Waals surface area (Å²) in [5, 5.41) is 14.4. The molecule has 0 aliphatic carbocycles. The molecule has 1 unspecified atom stereocenters. The monoisotopic (exact) mass is 273 g/mol. The highest BCUT2D eigenvalue weighted by molar-refractivity contribution is 5.22. The largest absolute Gasteiger partial charge is 0.393 e. The highest BCUT2D eigenvalue weighted by Gasteiger charge is 2.13. The van der Waals surface area contributed by atoms with Crippen molar-refractivity contribution in [3.8, 4) is 0 Å². The van der Waals surface area contributed by atoms with E-state index in [1.54, 1.807) is 6.33 Å². The molecule has 2 aromatic rings. The highest BCUT2D eigenvalue weighted by Crippen LogP contribution is 2.12. The zero-order valence-electron chi connectivity index (χ0n) is 12.5. The Morgan fingerprint density at radius 3 is 2.80 bits per heavy atom. The first-order chi connectivity index (χ1) is 9.56. The third-order valence-electron chi connectivity index (χ3n) is 3.40. The number of hydrogen-bond donors (Lipinski definition) is 1. The predicted octanol–water partition coefficient (Wildman–Crippen LogP) is 2.70. The molecule has 0 amide bonds. The molecule has 0 radical (unpaired) electrons. The van der Waals surface area contributed by atoms with Gasteiger partial charge in [-0.1, -0.05) is 29.8 Å². The van der Waals surface area contributed by atoms with E-state index in [0.29, 0.717) is 6.42 Å². The van der Waals surface area contributed by atoms with Crippen molar-refractivity contribution in [1.29, 1.82) is 0 Å². The first kappa shape index (κ1) is 14.7. The van der Waals surface area contributed by atoms with Crippen LogP contribution in [0.15, 0.2) is 30.6 Å². The Balaban J connectivity index is 1.89. The average Bonchev–Trinajstić information content (AvgIpc) is 2.85. The maximum atomic E-state index is 10.2. The minimum atomic E-state index is -0.378. The van der Waals surface area contributed by atoms with E-state index in [-0.39, 0.29) is 12.1 Å². The fourth-order valence-corrected chi connectivity index (χ4v) is 2.37. The van der Waals surface area contributed by atoms with Crippen LogP contribution in [0.2, 0.25) is 0 Å². The van der Waals surface area contributed by atoms with Crippen LogP contribution < -0.4 is 0 Å². The van der Waals surface area contributed by atoms with Crippen LogP contribution in [0, 0.1) is 6.92 Å². The van der Waals surface area contributed by atoms with E-state index in [1.807, 2.05) is 4.68 Å². The fraction of sp³-hybridized carbons (Fsp3) is 0.500.